The van der Waals surface area contributed by atoms with Crippen LogP contribution in [0.25, 0.3) is 16.7 Å². The van der Waals surface area contributed by atoms with Gasteiger partial charge in [0.2, 0.25) is 0 Å². The van der Waals surface area contributed by atoms with Crippen molar-refractivity contribution in [3.63, 3.8) is 0 Å². The minimum atomic E-state index is -0.477. The smallest absolute Gasteiger partial charge is 0.356 e. The Morgan fingerprint density at radius 1 is 1.06 bits per heavy atom. The summed E-state index contributed by atoms with van der Waals surface area (Å²) in [5.41, 5.74) is 3.45. The molecule has 0 spiro atoms. The van der Waals surface area contributed by atoms with Crippen LogP contribution in [-0.4, -0.2) is 65.0 Å². The highest BCUT2D eigenvalue weighted by molar-refractivity contribution is 5.99. The van der Waals surface area contributed by atoms with Crippen molar-refractivity contribution in [2.75, 3.05) is 38.2 Å². The first-order chi connectivity index (χ1) is 17.0. The quantitative estimate of drug-likeness (QED) is 0.484. The number of methoxy groups -OCH3 is 1. The van der Waals surface area contributed by atoms with Crippen molar-refractivity contribution in [1.29, 1.82) is 0 Å². The maximum absolute atomic E-state index is 13.6. The van der Waals surface area contributed by atoms with Gasteiger partial charge in [-0.2, -0.15) is 5.10 Å². The molecular weight excluding hydrogens is 445 g/mol. The average molecular weight is 480 g/mol. The third-order valence-corrected chi connectivity index (χ3v) is 7.37. The van der Waals surface area contributed by atoms with Gasteiger partial charge in [0.05, 0.1) is 29.6 Å². The molecule has 0 saturated carbocycles. The van der Waals surface area contributed by atoms with Gasteiger partial charge < -0.3 is 14.5 Å². The lowest BCUT2D eigenvalue weighted by atomic mass is 9.98. The van der Waals surface area contributed by atoms with E-state index in [9.17, 15) is 9.18 Å². The molecule has 2 fully saturated rings. The molecule has 0 aliphatic carbocycles. The molecule has 1 aromatic carbocycles. The summed E-state index contributed by atoms with van der Waals surface area (Å²) >= 11 is 0. The molecule has 0 radical (unpaired) electrons. The summed E-state index contributed by atoms with van der Waals surface area (Å²) in [5.74, 6) is -0.640. The van der Waals surface area contributed by atoms with Crippen LogP contribution in [0.3, 0.4) is 0 Å². The van der Waals surface area contributed by atoms with Crippen LogP contribution in [0.15, 0.2) is 30.3 Å². The minimum absolute atomic E-state index is 0.148. The van der Waals surface area contributed by atoms with E-state index in [2.05, 4.69) is 28.6 Å². The molecule has 2 aromatic heterocycles. The van der Waals surface area contributed by atoms with Crippen molar-refractivity contribution in [3.8, 4) is 5.69 Å². The number of pyridine rings is 1. The van der Waals surface area contributed by atoms with Crippen LogP contribution in [0.5, 0.6) is 0 Å². The molecule has 4 heterocycles. The molecule has 8 heteroatoms. The third-order valence-electron chi connectivity index (χ3n) is 7.37. The van der Waals surface area contributed by atoms with Gasteiger partial charge in [-0.25, -0.2) is 18.9 Å². The van der Waals surface area contributed by atoms with Crippen LogP contribution in [0.4, 0.5) is 10.1 Å². The van der Waals surface area contributed by atoms with Gasteiger partial charge in [-0.1, -0.05) is 20.3 Å². The second-order valence-electron chi connectivity index (χ2n) is 9.96. The standard InChI is InChI=1S/C27H34FN5O2/c1-18(2)25-24-23(32-15-11-20(12-16-32)31-13-5-4-6-14-31)17-22(27(34)35-3)29-26(24)33(30-25)21-9-7-19(28)8-10-21/h7-10,17-18,20H,4-6,11-16H2,1-3H3. The van der Waals surface area contributed by atoms with E-state index in [-0.39, 0.29) is 17.4 Å². The van der Waals surface area contributed by atoms with Gasteiger partial charge in [-0.3, -0.25) is 0 Å². The molecule has 3 aromatic rings. The Kier molecular flexibility index (Phi) is 6.73. The fraction of sp³-hybridized carbons (Fsp3) is 0.519. The number of esters is 1. The monoisotopic (exact) mass is 479 g/mol. The number of halogens is 1. The van der Waals surface area contributed by atoms with E-state index in [0.717, 1.165) is 42.7 Å². The van der Waals surface area contributed by atoms with Gasteiger partial charge in [-0.15, -0.1) is 0 Å². The number of rotatable bonds is 5. The summed E-state index contributed by atoms with van der Waals surface area (Å²) in [6.07, 6.45) is 6.14. The van der Waals surface area contributed by atoms with E-state index < -0.39 is 5.97 Å². The molecule has 7 nitrogen and oxygen atoms in total. The summed E-state index contributed by atoms with van der Waals surface area (Å²) in [5, 5.41) is 5.86. The predicted molar refractivity (Wildman–Crippen MR) is 135 cm³/mol. The second-order valence-corrected chi connectivity index (χ2v) is 9.96. The zero-order valence-electron chi connectivity index (χ0n) is 20.8. The van der Waals surface area contributed by atoms with E-state index in [1.54, 1.807) is 16.8 Å². The molecule has 2 saturated heterocycles. The van der Waals surface area contributed by atoms with E-state index >= 15 is 0 Å². The first-order valence-corrected chi connectivity index (χ1v) is 12.7. The average Bonchev–Trinajstić information content (AvgIpc) is 3.29. The molecular formula is C27H34FN5O2. The van der Waals surface area contributed by atoms with Crippen LogP contribution in [0.2, 0.25) is 0 Å². The normalized spacial score (nSPS) is 17.9. The molecule has 5 rings (SSSR count). The number of nitrogens with zero attached hydrogens (tertiary/aromatic N) is 5. The highest BCUT2D eigenvalue weighted by atomic mass is 19.1. The van der Waals surface area contributed by atoms with Crippen molar-refractivity contribution in [1.82, 2.24) is 19.7 Å². The number of benzene rings is 1. The molecule has 2 aliphatic heterocycles. The zero-order chi connectivity index (χ0) is 24.5. The summed E-state index contributed by atoms with van der Waals surface area (Å²) in [6, 6.07) is 8.67. The number of anilines is 1. The maximum atomic E-state index is 13.6. The molecule has 0 N–H and O–H groups in total. The van der Waals surface area contributed by atoms with Crippen molar-refractivity contribution < 1.29 is 13.9 Å². The molecule has 0 amide bonds. The van der Waals surface area contributed by atoms with Crippen molar-refractivity contribution in [2.45, 2.75) is 57.9 Å². The summed E-state index contributed by atoms with van der Waals surface area (Å²) in [7, 11) is 1.37. The van der Waals surface area contributed by atoms with Gasteiger partial charge in [0.15, 0.2) is 11.3 Å². The van der Waals surface area contributed by atoms with Crippen molar-refractivity contribution in [2.24, 2.45) is 0 Å². The first kappa shape index (κ1) is 23.7. The zero-order valence-corrected chi connectivity index (χ0v) is 20.8. The largest absolute Gasteiger partial charge is 0.464 e. The van der Waals surface area contributed by atoms with Crippen LogP contribution >= 0.6 is 0 Å². The Hall–Kier alpha value is -3.00. The summed E-state index contributed by atoms with van der Waals surface area (Å²) in [6.45, 7) is 8.46. The Morgan fingerprint density at radius 3 is 2.37 bits per heavy atom. The van der Waals surface area contributed by atoms with Crippen LogP contribution in [-0.2, 0) is 4.74 Å². The van der Waals surface area contributed by atoms with Gasteiger partial charge in [0.1, 0.15) is 5.82 Å². The number of piperidine rings is 2. The number of ether oxygens (including phenoxy) is 1. The number of carbonyl (C=O) groups is 1. The van der Waals surface area contributed by atoms with Crippen LogP contribution < -0.4 is 4.90 Å². The lowest BCUT2D eigenvalue weighted by Crippen LogP contribution is -2.46. The fourth-order valence-corrected chi connectivity index (χ4v) is 5.50. The summed E-state index contributed by atoms with van der Waals surface area (Å²) in [4.78, 5) is 22.3. The van der Waals surface area contributed by atoms with Gasteiger partial charge >= 0.3 is 5.97 Å². The van der Waals surface area contributed by atoms with Gasteiger partial charge in [0, 0.05) is 19.1 Å². The van der Waals surface area contributed by atoms with Gasteiger partial charge in [-0.05, 0) is 75.0 Å². The topological polar surface area (TPSA) is 63.5 Å². The Morgan fingerprint density at radius 2 is 1.74 bits per heavy atom. The van der Waals surface area contributed by atoms with E-state index in [1.807, 2.05) is 6.07 Å². The van der Waals surface area contributed by atoms with Crippen molar-refractivity contribution in [3.05, 3.63) is 47.5 Å². The lowest BCUT2D eigenvalue weighted by molar-refractivity contribution is 0.0594. The Bertz CT molecular complexity index is 1190. The predicted octanol–water partition coefficient (Wildman–Crippen LogP) is 4.92. The number of fused-ring (bicyclic) bond motifs is 1. The number of carbonyl (C=O) groups excluding carboxylic acids is 1. The van der Waals surface area contributed by atoms with Crippen molar-refractivity contribution >= 4 is 22.7 Å². The second kappa shape index (κ2) is 9.93. The molecule has 2 aliphatic rings. The lowest BCUT2D eigenvalue weighted by Gasteiger charge is -2.41. The van der Waals surface area contributed by atoms with E-state index in [0.29, 0.717) is 17.4 Å². The van der Waals surface area contributed by atoms with E-state index in [4.69, 9.17) is 9.84 Å². The highest BCUT2D eigenvalue weighted by Crippen LogP contribution is 2.36. The SMILES string of the molecule is COC(=O)c1cc(N2CCC(N3CCCCC3)CC2)c2c(C(C)C)nn(-c3ccc(F)cc3)c2n1. The van der Waals surface area contributed by atoms with E-state index in [1.165, 1.54) is 51.6 Å². The maximum Gasteiger partial charge on any atom is 0.356 e. The molecule has 0 bridgehead atoms. The van der Waals surface area contributed by atoms with Gasteiger partial charge in [0.25, 0.3) is 0 Å². The summed E-state index contributed by atoms with van der Waals surface area (Å²) < 4.78 is 20.4. The first-order valence-electron chi connectivity index (χ1n) is 12.7. The van der Waals surface area contributed by atoms with Crippen LogP contribution in [0.1, 0.15) is 68.1 Å². The number of hydrogen-bond acceptors (Lipinski definition) is 6. The minimum Gasteiger partial charge on any atom is -0.464 e. The Labute approximate surface area is 205 Å². The third kappa shape index (κ3) is 4.63. The number of hydrogen-bond donors (Lipinski definition) is 0. The number of aromatic nitrogens is 3. The molecule has 35 heavy (non-hydrogen) atoms. The molecule has 0 atom stereocenters. The fourth-order valence-electron chi connectivity index (χ4n) is 5.50. The van der Waals surface area contributed by atoms with Crippen LogP contribution in [0, 0.1) is 5.82 Å². The highest BCUT2D eigenvalue weighted by Gasteiger charge is 2.29. The Balaban J connectivity index is 1.58. The number of likely N-dealkylation sites (tertiary alicyclic amines) is 1. The molecule has 0 unspecified atom stereocenters. The molecule has 186 valence electrons.